The first-order valence-electron chi connectivity index (χ1n) is 10.8. The van der Waals surface area contributed by atoms with E-state index >= 15 is 0 Å². The summed E-state index contributed by atoms with van der Waals surface area (Å²) in [7, 11) is 4.08. The quantitative estimate of drug-likeness (QED) is 0.380. The molecule has 0 aliphatic carbocycles. The number of nitrogens with two attached hydrogens (primary N) is 1. The van der Waals surface area contributed by atoms with E-state index in [1.807, 2.05) is 43.2 Å². The molecule has 0 spiro atoms. The molecule has 3 heterocycles. The lowest BCUT2D eigenvalue weighted by atomic mass is 10.1. The number of nitrogens with one attached hydrogen (secondary N) is 1. The highest BCUT2D eigenvalue weighted by Crippen LogP contribution is 2.23. The van der Waals surface area contributed by atoms with Gasteiger partial charge in [-0.25, -0.2) is 4.98 Å². The van der Waals surface area contributed by atoms with Gasteiger partial charge in [0.15, 0.2) is 0 Å². The second-order valence-corrected chi connectivity index (χ2v) is 8.38. The zero-order valence-electron chi connectivity index (χ0n) is 18.7. The summed E-state index contributed by atoms with van der Waals surface area (Å²) < 4.78 is 7.80. The van der Waals surface area contributed by atoms with Gasteiger partial charge in [-0.3, -0.25) is 4.68 Å². The van der Waals surface area contributed by atoms with Crippen molar-refractivity contribution in [3.63, 3.8) is 0 Å². The number of rotatable bonds is 8. The van der Waals surface area contributed by atoms with Gasteiger partial charge in [-0.15, -0.1) is 5.10 Å². The lowest BCUT2D eigenvalue weighted by Crippen LogP contribution is -2.19. The fourth-order valence-corrected chi connectivity index (χ4v) is 3.83. The van der Waals surface area contributed by atoms with Crippen LogP contribution in [0.3, 0.4) is 0 Å². The Bertz CT molecular complexity index is 1400. The number of nitrogen functional groups attached to an aromatic ring is 1. The van der Waals surface area contributed by atoms with E-state index in [-0.39, 0.29) is 0 Å². The molecule has 0 atom stereocenters. The minimum Gasteiger partial charge on any atom is -0.492 e. The number of aromatic nitrogens is 6. The maximum Gasteiger partial charge on any atom is 0.203 e. The minimum atomic E-state index is 0.424. The highest BCUT2D eigenvalue weighted by Gasteiger charge is 2.11. The zero-order chi connectivity index (χ0) is 22.8. The molecule has 33 heavy (non-hydrogen) atoms. The van der Waals surface area contributed by atoms with Crippen LogP contribution < -0.4 is 10.5 Å². The van der Waals surface area contributed by atoms with Crippen molar-refractivity contribution in [1.29, 1.82) is 0 Å². The largest absolute Gasteiger partial charge is 0.492 e. The molecule has 0 unspecified atom stereocenters. The predicted molar refractivity (Wildman–Crippen MR) is 128 cm³/mol. The molecule has 9 nitrogen and oxygen atoms in total. The summed E-state index contributed by atoms with van der Waals surface area (Å²) in [5, 5.41) is 17.9. The van der Waals surface area contributed by atoms with Gasteiger partial charge >= 0.3 is 0 Å². The Kier molecular flexibility index (Phi) is 5.62. The van der Waals surface area contributed by atoms with Crippen LogP contribution in [-0.2, 0) is 13.0 Å². The Balaban J connectivity index is 1.28. The van der Waals surface area contributed by atoms with E-state index in [0.717, 1.165) is 34.5 Å². The summed E-state index contributed by atoms with van der Waals surface area (Å²) in [6.45, 7) is 2.25. The van der Waals surface area contributed by atoms with Crippen molar-refractivity contribution in [2.24, 2.45) is 0 Å². The highest BCUT2D eigenvalue weighted by atomic mass is 16.5. The fourth-order valence-electron chi connectivity index (χ4n) is 3.83. The molecule has 0 saturated carbocycles. The molecule has 2 aromatic carbocycles. The van der Waals surface area contributed by atoms with Gasteiger partial charge in [0.2, 0.25) is 5.65 Å². The third-order valence-corrected chi connectivity index (χ3v) is 5.49. The Labute approximate surface area is 191 Å². The summed E-state index contributed by atoms with van der Waals surface area (Å²) >= 11 is 0. The van der Waals surface area contributed by atoms with Crippen molar-refractivity contribution in [3.05, 3.63) is 71.5 Å². The van der Waals surface area contributed by atoms with E-state index in [2.05, 4.69) is 55.6 Å². The van der Waals surface area contributed by atoms with E-state index in [9.17, 15) is 0 Å². The summed E-state index contributed by atoms with van der Waals surface area (Å²) in [5.41, 5.74) is 10.2. The van der Waals surface area contributed by atoms with Crippen molar-refractivity contribution in [2.45, 2.75) is 13.0 Å². The van der Waals surface area contributed by atoms with Gasteiger partial charge in [0, 0.05) is 19.2 Å². The predicted octanol–water partition coefficient (Wildman–Crippen LogP) is 2.86. The number of fused-ring (bicyclic) bond motifs is 2. The van der Waals surface area contributed by atoms with Crippen molar-refractivity contribution >= 4 is 27.8 Å². The SMILES string of the molecule is CN(C)CCOc1ccc2cc(Cn3ccc(Cc4cc(N)nc5n[nH]nc45)n3)ccc2c1. The van der Waals surface area contributed by atoms with Crippen molar-refractivity contribution in [1.82, 2.24) is 35.1 Å². The molecule has 0 saturated heterocycles. The number of pyridine rings is 1. The second-order valence-electron chi connectivity index (χ2n) is 8.38. The normalized spacial score (nSPS) is 11.6. The van der Waals surface area contributed by atoms with Gasteiger partial charge in [-0.05, 0) is 66.3 Å². The highest BCUT2D eigenvalue weighted by molar-refractivity contribution is 5.84. The first kappa shape index (κ1) is 20.9. The molecule has 0 bridgehead atoms. The van der Waals surface area contributed by atoms with E-state index in [4.69, 9.17) is 15.6 Å². The molecule has 0 aliphatic heterocycles. The Hall–Kier alpha value is -3.98. The third-order valence-electron chi connectivity index (χ3n) is 5.49. The molecule has 5 rings (SSSR count). The van der Waals surface area contributed by atoms with Crippen LogP contribution >= 0.6 is 0 Å². The third kappa shape index (κ3) is 4.78. The van der Waals surface area contributed by atoms with Crippen LogP contribution in [0.25, 0.3) is 21.9 Å². The zero-order valence-corrected chi connectivity index (χ0v) is 18.7. The van der Waals surface area contributed by atoms with Crippen LogP contribution in [0.4, 0.5) is 5.82 Å². The maximum atomic E-state index is 5.91. The van der Waals surface area contributed by atoms with Crippen LogP contribution in [-0.4, -0.2) is 62.3 Å². The number of anilines is 1. The average molecular weight is 443 g/mol. The topological polar surface area (TPSA) is 111 Å². The van der Waals surface area contributed by atoms with E-state index in [0.29, 0.717) is 31.0 Å². The lowest BCUT2D eigenvalue weighted by Gasteiger charge is -2.12. The molecule has 3 aromatic heterocycles. The molecule has 0 aliphatic rings. The smallest absolute Gasteiger partial charge is 0.203 e. The lowest BCUT2D eigenvalue weighted by molar-refractivity contribution is 0.261. The molecule has 0 fully saturated rings. The van der Waals surface area contributed by atoms with Crippen molar-refractivity contribution < 1.29 is 4.74 Å². The number of hydrogen-bond donors (Lipinski definition) is 2. The summed E-state index contributed by atoms with van der Waals surface area (Å²) in [5.74, 6) is 1.32. The summed E-state index contributed by atoms with van der Waals surface area (Å²) in [4.78, 5) is 6.29. The maximum absolute atomic E-state index is 5.91. The van der Waals surface area contributed by atoms with Crippen molar-refractivity contribution in [2.75, 3.05) is 33.0 Å². The Morgan fingerprint density at radius 2 is 1.88 bits per heavy atom. The molecule has 5 aromatic rings. The summed E-state index contributed by atoms with van der Waals surface area (Å²) in [6.07, 6.45) is 2.60. The number of H-pyrrole nitrogens is 1. The number of hydrogen-bond acceptors (Lipinski definition) is 7. The molecule has 3 N–H and O–H groups in total. The Morgan fingerprint density at radius 1 is 1.03 bits per heavy atom. The van der Waals surface area contributed by atoms with Crippen LogP contribution in [0.15, 0.2) is 54.7 Å². The van der Waals surface area contributed by atoms with Gasteiger partial charge < -0.3 is 15.4 Å². The fraction of sp³-hybridized carbons (Fsp3) is 0.250. The van der Waals surface area contributed by atoms with Gasteiger partial charge in [-0.1, -0.05) is 18.2 Å². The van der Waals surface area contributed by atoms with Gasteiger partial charge in [0.1, 0.15) is 23.7 Å². The Morgan fingerprint density at radius 3 is 2.76 bits per heavy atom. The first-order valence-corrected chi connectivity index (χ1v) is 10.8. The number of ether oxygens (including phenoxy) is 1. The number of nitrogens with zero attached hydrogens (tertiary/aromatic N) is 6. The molecular weight excluding hydrogens is 416 g/mol. The molecule has 0 amide bonds. The van der Waals surface area contributed by atoms with Crippen LogP contribution in [0, 0.1) is 0 Å². The monoisotopic (exact) mass is 442 g/mol. The van der Waals surface area contributed by atoms with E-state index in [1.54, 1.807) is 0 Å². The van der Waals surface area contributed by atoms with Crippen LogP contribution in [0.2, 0.25) is 0 Å². The molecule has 0 radical (unpaired) electrons. The second kappa shape index (κ2) is 8.87. The van der Waals surface area contributed by atoms with E-state index < -0.39 is 0 Å². The number of likely N-dealkylation sites (N-methyl/N-ethyl adjacent to an activating group) is 1. The van der Waals surface area contributed by atoms with Gasteiger partial charge in [-0.2, -0.15) is 15.4 Å². The van der Waals surface area contributed by atoms with Crippen LogP contribution in [0.1, 0.15) is 16.8 Å². The van der Waals surface area contributed by atoms with Crippen molar-refractivity contribution in [3.8, 4) is 5.75 Å². The number of benzene rings is 2. The average Bonchev–Trinajstić information content (AvgIpc) is 3.43. The number of aromatic amines is 1. The standard InChI is InChI=1S/C24H26N8O/c1-31(2)9-10-33-21-6-5-17-11-16(3-4-18(17)13-21)15-32-8-7-20(29-32)12-19-14-22(25)26-24-23(19)27-30-28-24/h3-8,11,13-14H,9-10,12,15H2,1-2H3,(H3,25,26,27,28,30). The minimum absolute atomic E-state index is 0.424. The molecule has 9 heteroatoms. The van der Waals surface area contributed by atoms with E-state index in [1.165, 1.54) is 10.9 Å². The first-order chi connectivity index (χ1) is 16.0. The summed E-state index contributed by atoms with van der Waals surface area (Å²) in [6, 6.07) is 16.5. The molecule has 168 valence electrons. The van der Waals surface area contributed by atoms with Crippen LogP contribution in [0.5, 0.6) is 5.75 Å². The van der Waals surface area contributed by atoms with Gasteiger partial charge in [0.25, 0.3) is 0 Å². The van der Waals surface area contributed by atoms with Gasteiger partial charge in [0.05, 0.1) is 12.2 Å². The molecular formula is C24H26N8O.